The first-order valence-corrected chi connectivity index (χ1v) is 1.82. The fourth-order valence-electron chi connectivity index (χ4n) is 0. The third-order valence-electron chi connectivity index (χ3n) is 0. The van der Waals surface area contributed by atoms with E-state index in [2.05, 4.69) is 0 Å². The number of hydrogen-bond donors (Lipinski definition) is 0. The van der Waals surface area contributed by atoms with Crippen molar-refractivity contribution in [3.63, 3.8) is 0 Å². The van der Waals surface area contributed by atoms with E-state index in [1.54, 1.807) is 0 Å². The Labute approximate surface area is 72.0 Å². The van der Waals surface area contributed by atoms with E-state index in [4.69, 9.17) is 19.8 Å². The van der Waals surface area contributed by atoms with Crippen LogP contribution in [0.25, 0.3) is 0 Å². The number of carboxylic acid groups (broad SMARTS) is 2. The molecule has 5 heteroatoms. The summed E-state index contributed by atoms with van der Waals surface area (Å²) >= 11 is 0. The maximum absolute atomic E-state index is 8.89. The van der Waals surface area contributed by atoms with Gasteiger partial charge < -0.3 is 19.8 Å². The maximum atomic E-state index is 8.89. The average Bonchev–Trinajstić information content (AvgIpc) is 1.25. The van der Waals surface area contributed by atoms with E-state index >= 15 is 0 Å². The van der Waals surface area contributed by atoms with Crippen LogP contribution in [-0.4, -0.2) is 38.1 Å². The summed E-state index contributed by atoms with van der Waals surface area (Å²) in [5, 5.41) is 17.8. The Kier molecular flexibility index (Phi) is 19.0. The molecule has 0 spiro atoms. The number of carbonyl (C=O) groups excluding carboxylic acids is 2. The van der Waals surface area contributed by atoms with Crippen LogP contribution in [-0.2, 0) is 9.59 Å². The molecular weight excluding hydrogens is 321 g/mol. The van der Waals surface area contributed by atoms with Crippen LogP contribution in [0, 0.1) is 0 Å². The number of aliphatic carboxylic acids is 2. The molecule has 4 nitrogen and oxygen atoms in total. The van der Waals surface area contributed by atoms with E-state index in [1.807, 2.05) is 0 Å². The molecule has 0 aliphatic heterocycles. The third-order valence-corrected chi connectivity index (χ3v) is 0. The first kappa shape index (κ1) is 15.9. The van der Waals surface area contributed by atoms with Gasteiger partial charge in [0.05, 0.1) is 0 Å². The molecule has 0 aromatic carbocycles. The molecule has 0 aliphatic carbocycles. The monoisotopic (exact) mass is 328 g/mol. The Bertz CT molecular complexity index is 70.6. The first-order chi connectivity index (χ1) is 3.46. The SMILES string of the molecule is CC(=O)[O-].CC(=O)[O-].[BiH+2]. The topological polar surface area (TPSA) is 80.3 Å². The molecule has 0 saturated carbocycles. The molecule has 0 N–H and O–H groups in total. The first-order valence-electron chi connectivity index (χ1n) is 1.82. The van der Waals surface area contributed by atoms with Gasteiger partial charge in [-0.3, -0.25) is 0 Å². The Hall–Kier alpha value is -0.177. The van der Waals surface area contributed by atoms with Crippen molar-refractivity contribution in [1.82, 2.24) is 0 Å². The van der Waals surface area contributed by atoms with Crippen LogP contribution < -0.4 is 10.2 Å². The molecule has 2 radical (unpaired) electrons. The van der Waals surface area contributed by atoms with Crippen molar-refractivity contribution in [3.8, 4) is 0 Å². The minimum atomic E-state index is -1.08. The van der Waals surface area contributed by atoms with Gasteiger partial charge >= 0.3 is 26.2 Å². The van der Waals surface area contributed by atoms with Gasteiger partial charge in [-0.2, -0.15) is 0 Å². The van der Waals surface area contributed by atoms with Gasteiger partial charge in [-0.1, -0.05) is 0 Å². The molecule has 0 aromatic heterocycles. The van der Waals surface area contributed by atoms with Crippen molar-refractivity contribution in [3.05, 3.63) is 0 Å². The molecule has 0 aliphatic rings. The van der Waals surface area contributed by atoms with E-state index < -0.39 is 11.9 Å². The Morgan fingerprint density at radius 3 is 1.00 bits per heavy atom. The molecule has 9 heavy (non-hydrogen) atoms. The molecule has 0 heterocycles. The summed E-state index contributed by atoms with van der Waals surface area (Å²) in [5.74, 6) is -2.17. The van der Waals surface area contributed by atoms with Crippen molar-refractivity contribution < 1.29 is 19.8 Å². The van der Waals surface area contributed by atoms with Gasteiger partial charge in [0.15, 0.2) is 0 Å². The standard InChI is InChI=1S/2C2H4O2.Bi.H/c2*1-2(3)4;;/h2*1H3,(H,3,4);;/q;;+2;/p-2. The Balaban J connectivity index is -0.0000000720. The van der Waals surface area contributed by atoms with E-state index in [9.17, 15) is 0 Å². The van der Waals surface area contributed by atoms with Gasteiger partial charge in [-0.25, -0.2) is 0 Å². The summed E-state index contributed by atoms with van der Waals surface area (Å²) in [6.07, 6.45) is 0. The van der Waals surface area contributed by atoms with Crippen LogP contribution >= 0.6 is 0 Å². The summed E-state index contributed by atoms with van der Waals surface area (Å²) in [7, 11) is 0. The van der Waals surface area contributed by atoms with E-state index in [-0.39, 0.29) is 26.2 Å². The predicted molar refractivity (Wildman–Crippen MR) is 28.5 cm³/mol. The van der Waals surface area contributed by atoms with E-state index in [0.29, 0.717) is 0 Å². The normalized spacial score (nSPS) is 5.56. The van der Waals surface area contributed by atoms with Crippen LogP contribution in [0.15, 0.2) is 0 Å². The zero-order valence-electron chi connectivity index (χ0n) is 5.13. The zero-order chi connectivity index (χ0) is 7.15. The molecule has 52 valence electrons. The average molecular weight is 328 g/mol. The second-order valence-corrected chi connectivity index (χ2v) is 0.983. The summed E-state index contributed by atoms with van der Waals surface area (Å²) in [6, 6.07) is 0. The molecule has 0 fully saturated rings. The fraction of sp³-hybridized carbons (Fsp3) is 0.500. The second-order valence-electron chi connectivity index (χ2n) is 0.983. The molecule has 0 rings (SSSR count). The van der Waals surface area contributed by atoms with Crippen molar-refractivity contribution in [2.75, 3.05) is 0 Å². The molecule has 0 amide bonds. The van der Waals surface area contributed by atoms with Crippen LogP contribution in [0.2, 0.25) is 0 Å². The molecule has 0 aromatic rings. The molecule has 0 bridgehead atoms. The summed E-state index contributed by atoms with van der Waals surface area (Å²) in [6.45, 7) is 1.94. The van der Waals surface area contributed by atoms with Crippen molar-refractivity contribution in [2.24, 2.45) is 0 Å². The summed E-state index contributed by atoms with van der Waals surface area (Å²) in [5.41, 5.74) is 0. The van der Waals surface area contributed by atoms with Crippen LogP contribution in [0.3, 0.4) is 0 Å². The van der Waals surface area contributed by atoms with Crippen molar-refractivity contribution in [2.45, 2.75) is 13.8 Å². The van der Waals surface area contributed by atoms with E-state index in [1.165, 1.54) is 0 Å². The number of carboxylic acids is 2. The van der Waals surface area contributed by atoms with Gasteiger partial charge in [0.1, 0.15) is 0 Å². The molecular formula is C4H7BiO4. The summed E-state index contributed by atoms with van der Waals surface area (Å²) < 4.78 is 0. The van der Waals surface area contributed by atoms with Gasteiger partial charge in [0.2, 0.25) is 0 Å². The van der Waals surface area contributed by atoms with Crippen LogP contribution in [0.5, 0.6) is 0 Å². The van der Waals surface area contributed by atoms with Gasteiger partial charge in [-0.05, 0) is 13.8 Å². The second kappa shape index (κ2) is 10.7. The molecule has 0 saturated heterocycles. The van der Waals surface area contributed by atoms with E-state index in [0.717, 1.165) is 13.8 Å². The summed E-state index contributed by atoms with van der Waals surface area (Å²) in [4.78, 5) is 17.8. The Morgan fingerprint density at radius 2 is 1.00 bits per heavy atom. The zero-order valence-corrected chi connectivity index (χ0v) is 9.02. The predicted octanol–water partition coefficient (Wildman–Crippen LogP) is -3.14. The van der Waals surface area contributed by atoms with Gasteiger partial charge in [-0.15, -0.1) is 0 Å². The molecule has 0 unspecified atom stereocenters. The van der Waals surface area contributed by atoms with Crippen LogP contribution in [0.4, 0.5) is 0 Å². The fourth-order valence-corrected chi connectivity index (χ4v) is 0. The number of rotatable bonds is 0. The number of hydrogen-bond acceptors (Lipinski definition) is 4. The quantitative estimate of drug-likeness (QED) is 0.440. The van der Waals surface area contributed by atoms with Crippen molar-refractivity contribution in [1.29, 1.82) is 0 Å². The van der Waals surface area contributed by atoms with Gasteiger partial charge in [0.25, 0.3) is 0 Å². The van der Waals surface area contributed by atoms with Crippen molar-refractivity contribution >= 4 is 38.1 Å². The molecule has 0 atom stereocenters. The van der Waals surface area contributed by atoms with Gasteiger partial charge in [0, 0.05) is 11.9 Å². The van der Waals surface area contributed by atoms with Crippen LogP contribution in [0.1, 0.15) is 13.8 Å². The number of carbonyl (C=O) groups is 2. The third kappa shape index (κ3) is 8480. The Morgan fingerprint density at radius 1 is 1.00 bits per heavy atom. The minimum absolute atomic E-state index is 0.